The largest absolute Gasteiger partial charge is 0.326 e. The fraction of sp³-hybridized carbons (Fsp3) is 0.278. The maximum atomic E-state index is 13.9. The van der Waals surface area contributed by atoms with E-state index in [1.807, 2.05) is 25.1 Å². The van der Waals surface area contributed by atoms with E-state index in [2.05, 4.69) is 5.32 Å². The van der Waals surface area contributed by atoms with E-state index in [0.29, 0.717) is 5.69 Å². The van der Waals surface area contributed by atoms with Crippen molar-refractivity contribution in [1.82, 2.24) is 0 Å². The summed E-state index contributed by atoms with van der Waals surface area (Å²) in [4.78, 5) is 12.2. The maximum absolute atomic E-state index is 13.9. The summed E-state index contributed by atoms with van der Waals surface area (Å²) in [5.74, 6) is -0.976. The van der Waals surface area contributed by atoms with Crippen LogP contribution in [0.1, 0.15) is 18.9 Å². The van der Waals surface area contributed by atoms with Crippen LogP contribution in [-0.4, -0.2) is 27.1 Å². The second kappa shape index (κ2) is 8.11. The zero-order valence-corrected chi connectivity index (χ0v) is 15.0. The highest BCUT2D eigenvalue weighted by molar-refractivity contribution is 7.92. The minimum Gasteiger partial charge on any atom is -0.326 e. The molecule has 25 heavy (non-hydrogen) atoms. The van der Waals surface area contributed by atoms with E-state index in [9.17, 15) is 17.6 Å². The van der Waals surface area contributed by atoms with Crippen molar-refractivity contribution in [3.63, 3.8) is 0 Å². The number of nitrogens with zero attached hydrogens (tertiary/aromatic N) is 1. The Bertz CT molecular complexity index is 853. The van der Waals surface area contributed by atoms with Gasteiger partial charge >= 0.3 is 0 Å². The van der Waals surface area contributed by atoms with Gasteiger partial charge in [-0.05, 0) is 30.2 Å². The van der Waals surface area contributed by atoms with Crippen molar-refractivity contribution in [2.45, 2.75) is 19.8 Å². The molecule has 0 bridgehead atoms. The average molecular weight is 364 g/mol. The summed E-state index contributed by atoms with van der Waals surface area (Å²) >= 11 is 0. The van der Waals surface area contributed by atoms with Gasteiger partial charge < -0.3 is 5.32 Å². The molecule has 134 valence electrons. The molecule has 0 fully saturated rings. The molecule has 0 heterocycles. The molecular weight excluding hydrogens is 343 g/mol. The van der Waals surface area contributed by atoms with Crippen LogP contribution in [0.15, 0.2) is 48.5 Å². The smallest absolute Gasteiger partial charge is 0.232 e. The average Bonchev–Trinajstić information content (AvgIpc) is 2.56. The van der Waals surface area contributed by atoms with Crippen molar-refractivity contribution in [1.29, 1.82) is 0 Å². The molecule has 0 radical (unpaired) electrons. The van der Waals surface area contributed by atoms with Gasteiger partial charge in [0.15, 0.2) is 0 Å². The molecule has 2 aromatic rings. The van der Waals surface area contributed by atoms with Gasteiger partial charge in [0.2, 0.25) is 15.9 Å². The minimum absolute atomic E-state index is 0.0632. The third-order valence-electron chi connectivity index (χ3n) is 3.74. The summed E-state index contributed by atoms with van der Waals surface area (Å²) in [7, 11) is -3.71. The number of carbonyl (C=O) groups is 1. The van der Waals surface area contributed by atoms with Crippen LogP contribution in [0.3, 0.4) is 0 Å². The summed E-state index contributed by atoms with van der Waals surface area (Å²) in [5, 5.41) is 2.78. The SMILES string of the molecule is CCc1ccccc1NC(=O)CCN(c1ccccc1F)S(C)(=O)=O. The van der Waals surface area contributed by atoms with E-state index in [1.165, 1.54) is 18.2 Å². The molecule has 0 spiro atoms. The summed E-state index contributed by atoms with van der Waals surface area (Å²) in [6.45, 7) is 1.84. The number of anilines is 2. The van der Waals surface area contributed by atoms with Crippen LogP contribution in [0.25, 0.3) is 0 Å². The van der Waals surface area contributed by atoms with Gasteiger partial charge in [0.05, 0.1) is 11.9 Å². The predicted molar refractivity (Wildman–Crippen MR) is 97.7 cm³/mol. The molecule has 2 aromatic carbocycles. The van der Waals surface area contributed by atoms with Crippen LogP contribution in [0.4, 0.5) is 15.8 Å². The van der Waals surface area contributed by atoms with E-state index < -0.39 is 15.8 Å². The third kappa shape index (κ3) is 5.03. The Hall–Kier alpha value is -2.41. The summed E-state index contributed by atoms with van der Waals surface area (Å²) in [5.41, 5.74) is 1.63. The second-order valence-electron chi connectivity index (χ2n) is 5.60. The first-order valence-electron chi connectivity index (χ1n) is 7.93. The van der Waals surface area contributed by atoms with Crippen LogP contribution >= 0.6 is 0 Å². The molecule has 0 aromatic heterocycles. The normalized spacial score (nSPS) is 11.2. The predicted octanol–water partition coefficient (Wildman–Crippen LogP) is 3.18. The number of hydrogen-bond acceptors (Lipinski definition) is 3. The Kier molecular flexibility index (Phi) is 6.14. The first-order chi connectivity index (χ1) is 11.8. The number of carbonyl (C=O) groups excluding carboxylic acids is 1. The van der Waals surface area contributed by atoms with Crippen LogP contribution in [0, 0.1) is 5.82 Å². The zero-order valence-electron chi connectivity index (χ0n) is 14.2. The number of halogens is 1. The highest BCUT2D eigenvalue weighted by Crippen LogP contribution is 2.22. The van der Waals surface area contributed by atoms with Gasteiger partial charge in [-0.25, -0.2) is 12.8 Å². The van der Waals surface area contributed by atoms with Gasteiger partial charge in [0.1, 0.15) is 5.82 Å². The maximum Gasteiger partial charge on any atom is 0.232 e. The lowest BCUT2D eigenvalue weighted by molar-refractivity contribution is -0.116. The second-order valence-corrected chi connectivity index (χ2v) is 7.50. The topological polar surface area (TPSA) is 66.5 Å². The minimum atomic E-state index is -3.71. The summed E-state index contributed by atoms with van der Waals surface area (Å²) < 4.78 is 38.8. The van der Waals surface area contributed by atoms with Crippen molar-refractivity contribution in [2.24, 2.45) is 0 Å². The lowest BCUT2D eigenvalue weighted by Gasteiger charge is -2.22. The molecule has 2 rings (SSSR count). The molecule has 0 unspecified atom stereocenters. The van der Waals surface area contributed by atoms with Gasteiger partial charge in [-0.1, -0.05) is 37.3 Å². The van der Waals surface area contributed by atoms with Crippen LogP contribution in [0.5, 0.6) is 0 Å². The number of para-hydroxylation sites is 2. The Balaban J connectivity index is 2.11. The molecule has 7 heteroatoms. The molecular formula is C18H21FN2O3S. The van der Waals surface area contributed by atoms with Crippen molar-refractivity contribution >= 4 is 27.3 Å². The standard InChI is InChI=1S/C18H21FN2O3S/c1-3-14-8-4-6-10-16(14)20-18(22)12-13-21(25(2,23)24)17-11-7-5-9-15(17)19/h4-11H,3,12-13H2,1-2H3,(H,20,22). The van der Waals surface area contributed by atoms with E-state index in [1.54, 1.807) is 12.1 Å². The molecule has 0 saturated carbocycles. The van der Waals surface area contributed by atoms with Crippen LogP contribution < -0.4 is 9.62 Å². The Labute approximate surface area is 147 Å². The van der Waals surface area contributed by atoms with Gasteiger partial charge in [-0.3, -0.25) is 9.10 Å². The van der Waals surface area contributed by atoms with Gasteiger partial charge in [0, 0.05) is 18.7 Å². The van der Waals surface area contributed by atoms with Crippen LogP contribution in [0.2, 0.25) is 0 Å². The highest BCUT2D eigenvalue weighted by atomic mass is 32.2. The molecule has 1 N–H and O–H groups in total. The fourth-order valence-electron chi connectivity index (χ4n) is 2.49. The number of nitrogens with one attached hydrogen (secondary N) is 1. The Morgan fingerprint density at radius 2 is 1.76 bits per heavy atom. The van der Waals surface area contributed by atoms with Crippen molar-refractivity contribution < 1.29 is 17.6 Å². The van der Waals surface area contributed by atoms with Crippen molar-refractivity contribution in [2.75, 3.05) is 22.4 Å². The quantitative estimate of drug-likeness (QED) is 0.820. The lowest BCUT2D eigenvalue weighted by Crippen LogP contribution is -2.33. The van der Waals surface area contributed by atoms with Gasteiger partial charge in [-0.15, -0.1) is 0 Å². The third-order valence-corrected chi connectivity index (χ3v) is 4.92. The monoisotopic (exact) mass is 364 g/mol. The fourth-order valence-corrected chi connectivity index (χ4v) is 3.41. The molecule has 0 aliphatic rings. The Morgan fingerprint density at radius 3 is 2.40 bits per heavy atom. The Morgan fingerprint density at radius 1 is 1.12 bits per heavy atom. The van der Waals surface area contributed by atoms with E-state index in [-0.39, 0.29) is 24.6 Å². The van der Waals surface area contributed by atoms with Crippen molar-refractivity contribution in [3.8, 4) is 0 Å². The van der Waals surface area contributed by atoms with Crippen LogP contribution in [-0.2, 0) is 21.2 Å². The first-order valence-corrected chi connectivity index (χ1v) is 9.77. The zero-order chi connectivity index (χ0) is 18.4. The number of amides is 1. The molecule has 0 aliphatic heterocycles. The van der Waals surface area contributed by atoms with E-state index in [0.717, 1.165) is 22.5 Å². The molecule has 5 nitrogen and oxygen atoms in total. The first kappa shape index (κ1) is 18.9. The van der Waals surface area contributed by atoms with Crippen molar-refractivity contribution in [3.05, 3.63) is 59.9 Å². The number of hydrogen-bond donors (Lipinski definition) is 1. The molecule has 0 aliphatic carbocycles. The van der Waals surface area contributed by atoms with Gasteiger partial charge in [0.25, 0.3) is 0 Å². The number of sulfonamides is 1. The summed E-state index contributed by atoms with van der Waals surface area (Å²) in [6.07, 6.45) is 1.67. The van der Waals surface area contributed by atoms with E-state index >= 15 is 0 Å². The molecule has 0 atom stereocenters. The number of benzene rings is 2. The van der Waals surface area contributed by atoms with Gasteiger partial charge in [-0.2, -0.15) is 0 Å². The highest BCUT2D eigenvalue weighted by Gasteiger charge is 2.21. The number of aryl methyl sites for hydroxylation is 1. The lowest BCUT2D eigenvalue weighted by atomic mass is 10.1. The molecule has 0 saturated heterocycles. The van der Waals surface area contributed by atoms with E-state index in [4.69, 9.17) is 0 Å². The molecule has 1 amide bonds. The summed E-state index contributed by atoms with van der Waals surface area (Å²) in [6, 6.07) is 13.0. The number of rotatable bonds is 7.